The third-order valence-corrected chi connectivity index (χ3v) is 6.15. The summed E-state index contributed by atoms with van der Waals surface area (Å²) in [5.41, 5.74) is 9.08. The molecule has 0 saturated carbocycles. The van der Waals surface area contributed by atoms with E-state index in [2.05, 4.69) is 50.1 Å². The molecule has 36 heavy (non-hydrogen) atoms. The summed E-state index contributed by atoms with van der Waals surface area (Å²) in [4.78, 5) is 14.1. The number of hydrogen-bond acceptors (Lipinski definition) is 7. The maximum atomic E-state index is 5.70. The molecule has 5 aromatic rings. The summed E-state index contributed by atoms with van der Waals surface area (Å²) in [6.45, 7) is 3.66. The number of pyridine rings is 1. The number of anilines is 3. The molecule has 0 unspecified atom stereocenters. The summed E-state index contributed by atoms with van der Waals surface area (Å²) < 4.78 is 5.70. The molecule has 0 amide bonds. The van der Waals surface area contributed by atoms with E-state index in [4.69, 9.17) is 14.7 Å². The maximum absolute atomic E-state index is 5.70. The zero-order valence-electron chi connectivity index (χ0n) is 19.8. The van der Waals surface area contributed by atoms with E-state index in [-0.39, 0.29) is 0 Å². The maximum Gasteiger partial charge on any atom is 0.161 e. The van der Waals surface area contributed by atoms with Crippen molar-refractivity contribution in [1.29, 1.82) is 0 Å². The Labute approximate surface area is 208 Å². The number of nitrogens with one attached hydrogen (secondary N) is 3. The van der Waals surface area contributed by atoms with Crippen LogP contribution in [-0.4, -0.2) is 25.1 Å². The molecule has 1 aliphatic rings. The van der Waals surface area contributed by atoms with Crippen molar-refractivity contribution < 1.29 is 4.74 Å². The molecular formula is C28H25N7O. The van der Waals surface area contributed by atoms with Crippen LogP contribution in [0.15, 0.2) is 79.3 Å². The first-order chi connectivity index (χ1) is 17.7. The number of benzene rings is 2. The molecule has 8 nitrogen and oxygen atoms in total. The van der Waals surface area contributed by atoms with Gasteiger partial charge in [-0.05, 0) is 48.4 Å². The van der Waals surface area contributed by atoms with Crippen molar-refractivity contribution >= 4 is 17.2 Å². The molecule has 0 atom stereocenters. The molecule has 4 heterocycles. The van der Waals surface area contributed by atoms with Gasteiger partial charge in [0.05, 0.1) is 25.1 Å². The molecule has 2 aromatic carbocycles. The van der Waals surface area contributed by atoms with Gasteiger partial charge >= 0.3 is 0 Å². The van der Waals surface area contributed by atoms with Crippen molar-refractivity contribution in [2.75, 3.05) is 10.6 Å². The lowest BCUT2D eigenvalue weighted by atomic mass is 10.1. The van der Waals surface area contributed by atoms with Gasteiger partial charge in [0, 0.05) is 52.7 Å². The number of ether oxygens (including phenoxy) is 1. The summed E-state index contributed by atoms with van der Waals surface area (Å²) in [5, 5.41) is 13.8. The van der Waals surface area contributed by atoms with E-state index in [0.717, 1.165) is 56.4 Å². The first kappa shape index (κ1) is 21.9. The van der Waals surface area contributed by atoms with Crippen molar-refractivity contribution in [3.63, 3.8) is 0 Å². The Hall–Kier alpha value is -4.56. The Balaban J connectivity index is 1.25. The smallest absolute Gasteiger partial charge is 0.161 e. The van der Waals surface area contributed by atoms with E-state index in [1.54, 1.807) is 0 Å². The van der Waals surface area contributed by atoms with Crippen LogP contribution in [0.1, 0.15) is 22.5 Å². The zero-order valence-corrected chi connectivity index (χ0v) is 19.8. The zero-order chi connectivity index (χ0) is 24.3. The van der Waals surface area contributed by atoms with Crippen LogP contribution in [0.25, 0.3) is 22.5 Å². The SMILES string of the molecule is Cc1ccc(CNc2cccc(-c3nc4c(c(Nc5ccc(-c6cn[nH]c6)cc5)n3)COC4)c2)cn1. The average Bonchev–Trinajstić information content (AvgIpc) is 3.62. The summed E-state index contributed by atoms with van der Waals surface area (Å²) >= 11 is 0. The fourth-order valence-electron chi connectivity index (χ4n) is 4.15. The van der Waals surface area contributed by atoms with E-state index in [1.165, 1.54) is 0 Å². The molecule has 0 fully saturated rings. The lowest BCUT2D eigenvalue weighted by molar-refractivity contribution is 0.133. The second-order valence-corrected chi connectivity index (χ2v) is 8.75. The highest BCUT2D eigenvalue weighted by molar-refractivity contribution is 5.70. The van der Waals surface area contributed by atoms with Gasteiger partial charge in [0.25, 0.3) is 0 Å². The molecule has 178 valence electrons. The number of aromatic amines is 1. The quantitative estimate of drug-likeness (QED) is 0.281. The lowest BCUT2D eigenvalue weighted by Gasteiger charge is -2.13. The van der Waals surface area contributed by atoms with Gasteiger partial charge < -0.3 is 15.4 Å². The highest BCUT2D eigenvalue weighted by Gasteiger charge is 2.21. The number of rotatable bonds is 7. The van der Waals surface area contributed by atoms with Gasteiger partial charge in [-0.3, -0.25) is 10.1 Å². The molecular weight excluding hydrogens is 450 g/mol. The Kier molecular flexibility index (Phi) is 5.85. The van der Waals surface area contributed by atoms with Crippen molar-refractivity contribution in [1.82, 2.24) is 25.1 Å². The molecule has 3 aromatic heterocycles. The number of aromatic nitrogens is 5. The fourth-order valence-corrected chi connectivity index (χ4v) is 4.15. The predicted octanol–water partition coefficient (Wildman–Crippen LogP) is 5.62. The molecule has 0 bridgehead atoms. The Morgan fingerprint density at radius 1 is 0.889 bits per heavy atom. The van der Waals surface area contributed by atoms with Crippen molar-refractivity contribution in [2.45, 2.75) is 26.7 Å². The Morgan fingerprint density at radius 2 is 1.81 bits per heavy atom. The molecule has 3 N–H and O–H groups in total. The van der Waals surface area contributed by atoms with Crippen LogP contribution in [0.3, 0.4) is 0 Å². The minimum Gasteiger partial charge on any atom is -0.381 e. The minimum atomic E-state index is 0.483. The Morgan fingerprint density at radius 3 is 2.61 bits per heavy atom. The summed E-state index contributed by atoms with van der Waals surface area (Å²) in [7, 11) is 0. The molecule has 0 spiro atoms. The van der Waals surface area contributed by atoms with Gasteiger partial charge in [-0.25, -0.2) is 9.97 Å². The molecule has 0 saturated heterocycles. The first-order valence-corrected chi connectivity index (χ1v) is 11.8. The number of fused-ring (bicyclic) bond motifs is 1. The van der Waals surface area contributed by atoms with Gasteiger partial charge in [0.2, 0.25) is 0 Å². The first-order valence-electron chi connectivity index (χ1n) is 11.8. The summed E-state index contributed by atoms with van der Waals surface area (Å²) in [5.74, 6) is 1.44. The van der Waals surface area contributed by atoms with E-state index in [9.17, 15) is 0 Å². The van der Waals surface area contributed by atoms with Gasteiger partial charge in [-0.1, -0.05) is 30.3 Å². The molecule has 6 rings (SSSR count). The van der Waals surface area contributed by atoms with Crippen LogP contribution in [0.2, 0.25) is 0 Å². The van der Waals surface area contributed by atoms with Crippen LogP contribution in [0, 0.1) is 6.92 Å². The van der Waals surface area contributed by atoms with Crippen LogP contribution < -0.4 is 10.6 Å². The highest BCUT2D eigenvalue weighted by atomic mass is 16.5. The largest absolute Gasteiger partial charge is 0.381 e. The highest BCUT2D eigenvalue weighted by Crippen LogP contribution is 2.31. The predicted molar refractivity (Wildman–Crippen MR) is 140 cm³/mol. The summed E-state index contributed by atoms with van der Waals surface area (Å²) in [6, 6.07) is 20.5. The monoisotopic (exact) mass is 475 g/mol. The molecule has 8 heteroatoms. The van der Waals surface area contributed by atoms with E-state index < -0.39 is 0 Å². The fraction of sp³-hybridized carbons (Fsp3) is 0.143. The number of H-pyrrole nitrogens is 1. The van der Waals surface area contributed by atoms with E-state index in [1.807, 2.05) is 61.9 Å². The van der Waals surface area contributed by atoms with Crippen LogP contribution >= 0.6 is 0 Å². The number of aryl methyl sites for hydroxylation is 1. The van der Waals surface area contributed by atoms with E-state index >= 15 is 0 Å². The lowest BCUT2D eigenvalue weighted by Crippen LogP contribution is -2.04. The van der Waals surface area contributed by atoms with Crippen LogP contribution in [-0.2, 0) is 24.5 Å². The van der Waals surface area contributed by atoms with Crippen molar-refractivity contribution in [3.05, 3.63) is 102 Å². The van der Waals surface area contributed by atoms with E-state index in [0.29, 0.717) is 25.6 Å². The molecule has 1 aliphatic heterocycles. The average molecular weight is 476 g/mol. The molecule has 0 radical (unpaired) electrons. The number of nitrogens with zero attached hydrogens (tertiary/aromatic N) is 4. The van der Waals surface area contributed by atoms with Crippen LogP contribution in [0.4, 0.5) is 17.2 Å². The minimum absolute atomic E-state index is 0.483. The van der Waals surface area contributed by atoms with Gasteiger partial charge in [0.15, 0.2) is 5.82 Å². The standard InChI is InChI=1S/C28H25N7O/c1-18-5-6-19(12-29-18)13-30-24-4-2-3-21(11-24)27-34-26-17-36-16-25(26)28(35-27)33-23-9-7-20(8-10-23)22-14-31-32-15-22/h2-12,14-15,30H,13,16-17H2,1H3,(H,31,32)(H,33,34,35). The normalized spacial score (nSPS) is 12.4. The third kappa shape index (κ3) is 4.67. The van der Waals surface area contributed by atoms with Gasteiger partial charge in [0.1, 0.15) is 5.82 Å². The van der Waals surface area contributed by atoms with Crippen LogP contribution in [0.5, 0.6) is 0 Å². The molecule has 0 aliphatic carbocycles. The second kappa shape index (κ2) is 9.59. The second-order valence-electron chi connectivity index (χ2n) is 8.75. The van der Waals surface area contributed by atoms with Gasteiger partial charge in [-0.15, -0.1) is 0 Å². The topological polar surface area (TPSA) is 101 Å². The van der Waals surface area contributed by atoms with Gasteiger partial charge in [-0.2, -0.15) is 5.10 Å². The Bertz CT molecular complexity index is 1480. The third-order valence-electron chi connectivity index (χ3n) is 6.15. The summed E-state index contributed by atoms with van der Waals surface area (Å²) in [6.07, 6.45) is 5.59. The number of hydrogen-bond donors (Lipinski definition) is 3. The van der Waals surface area contributed by atoms with Crippen molar-refractivity contribution in [2.24, 2.45) is 0 Å². The van der Waals surface area contributed by atoms with Crippen molar-refractivity contribution in [3.8, 4) is 22.5 Å².